The van der Waals surface area contributed by atoms with Crippen LogP contribution in [-0.4, -0.2) is 30.8 Å². The Labute approximate surface area is 185 Å². The number of furan rings is 1. The lowest BCUT2D eigenvalue weighted by atomic mass is 10.1. The number of thiocarbonyl (C=S) groups is 1. The third-order valence-corrected chi connectivity index (χ3v) is 5.97. The van der Waals surface area contributed by atoms with Crippen LogP contribution >= 0.6 is 23.6 Å². The van der Waals surface area contributed by atoms with Gasteiger partial charge < -0.3 is 9.73 Å². The third kappa shape index (κ3) is 3.56. The van der Waals surface area contributed by atoms with Gasteiger partial charge in [-0.2, -0.15) is 9.61 Å². The molecular formula is C21H16N6O2S2. The van der Waals surface area contributed by atoms with Gasteiger partial charge in [-0.3, -0.25) is 10.1 Å². The van der Waals surface area contributed by atoms with E-state index in [1.54, 1.807) is 10.6 Å². The smallest absolute Gasteiger partial charge is 0.293 e. The number of aromatic nitrogens is 4. The SMILES string of the molecule is Cc1c(NC(=S)NC(=O)c2cc3ccccc3o2)cccc1-c1nn2c(C)nnc2s1. The number of benzene rings is 2. The number of nitrogens with one attached hydrogen (secondary N) is 2. The van der Waals surface area contributed by atoms with E-state index >= 15 is 0 Å². The molecular weight excluding hydrogens is 432 g/mol. The van der Waals surface area contributed by atoms with Crippen molar-refractivity contribution in [3.8, 4) is 10.6 Å². The highest BCUT2D eigenvalue weighted by atomic mass is 32.1. The summed E-state index contributed by atoms with van der Waals surface area (Å²) in [6.45, 7) is 3.83. The molecule has 5 rings (SSSR count). The first-order valence-electron chi connectivity index (χ1n) is 9.39. The van der Waals surface area contributed by atoms with Crippen LogP contribution in [0.25, 0.3) is 26.5 Å². The fraction of sp³-hybridized carbons (Fsp3) is 0.0952. The fourth-order valence-corrected chi connectivity index (χ4v) is 4.41. The van der Waals surface area contributed by atoms with Crippen molar-refractivity contribution in [1.82, 2.24) is 25.1 Å². The first-order chi connectivity index (χ1) is 15.0. The van der Waals surface area contributed by atoms with Crippen molar-refractivity contribution in [2.45, 2.75) is 13.8 Å². The van der Waals surface area contributed by atoms with Gasteiger partial charge in [0.15, 0.2) is 16.7 Å². The van der Waals surface area contributed by atoms with E-state index in [0.717, 1.165) is 38.0 Å². The van der Waals surface area contributed by atoms with Crippen molar-refractivity contribution in [3.05, 3.63) is 65.7 Å². The Morgan fingerprint density at radius 2 is 1.97 bits per heavy atom. The summed E-state index contributed by atoms with van der Waals surface area (Å²) in [6.07, 6.45) is 0. The molecule has 31 heavy (non-hydrogen) atoms. The number of hydrogen-bond donors (Lipinski definition) is 2. The van der Waals surface area contributed by atoms with E-state index in [1.807, 2.05) is 56.3 Å². The summed E-state index contributed by atoms with van der Waals surface area (Å²) in [5.74, 6) is 0.525. The minimum absolute atomic E-state index is 0.180. The second-order valence-electron chi connectivity index (χ2n) is 6.88. The Morgan fingerprint density at radius 1 is 1.13 bits per heavy atom. The topological polar surface area (TPSA) is 97.3 Å². The number of carbonyl (C=O) groups is 1. The van der Waals surface area contributed by atoms with Crippen LogP contribution in [0.3, 0.4) is 0 Å². The van der Waals surface area contributed by atoms with E-state index < -0.39 is 5.91 Å². The van der Waals surface area contributed by atoms with E-state index in [2.05, 4.69) is 25.9 Å². The van der Waals surface area contributed by atoms with Crippen LogP contribution in [0.5, 0.6) is 0 Å². The summed E-state index contributed by atoms with van der Waals surface area (Å²) in [6, 6.07) is 14.9. The molecule has 5 aromatic rings. The van der Waals surface area contributed by atoms with Crippen LogP contribution in [0, 0.1) is 13.8 Å². The van der Waals surface area contributed by atoms with Gasteiger partial charge >= 0.3 is 0 Å². The zero-order valence-corrected chi connectivity index (χ0v) is 18.2. The van der Waals surface area contributed by atoms with Crippen molar-refractivity contribution in [2.75, 3.05) is 5.32 Å². The maximum atomic E-state index is 12.5. The number of nitrogens with zero attached hydrogens (tertiary/aromatic N) is 4. The first-order valence-corrected chi connectivity index (χ1v) is 10.6. The molecule has 0 saturated heterocycles. The summed E-state index contributed by atoms with van der Waals surface area (Å²) in [7, 11) is 0. The predicted molar refractivity (Wildman–Crippen MR) is 123 cm³/mol. The number of para-hydroxylation sites is 1. The third-order valence-electron chi connectivity index (χ3n) is 4.84. The molecule has 0 saturated carbocycles. The molecule has 3 heterocycles. The van der Waals surface area contributed by atoms with Crippen LogP contribution in [-0.2, 0) is 0 Å². The van der Waals surface area contributed by atoms with E-state index in [-0.39, 0.29) is 10.9 Å². The summed E-state index contributed by atoms with van der Waals surface area (Å²) in [5.41, 5.74) is 3.32. The fourth-order valence-electron chi connectivity index (χ4n) is 3.24. The molecule has 8 nitrogen and oxygen atoms in total. The molecule has 2 N–H and O–H groups in total. The molecule has 2 aromatic carbocycles. The van der Waals surface area contributed by atoms with Crippen LogP contribution in [0.4, 0.5) is 5.69 Å². The van der Waals surface area contributed by atoms with Gasteiger partial charge in [0.1, 0.15) is 10.6 Å². The zero-order chi connectivity index (χ0) is 21.5. The van der Waals surface area contributed by atoms with Crippen LogP contribution < -0.4 is 10.6 Å². The molecule has 0 fully saturated rings. The largest absolute Gasteiger partial charge is 0.451 e. The summed E-state index contributed by atoms with van der Waals surface area (Å²) >= 11 is 6.81. The van der Waals surface area contributed by atoms with Crippen molar-refractivity contribution in [1.29, 1.82) is 0 Å². The Bertz CT molecular complexity index is 1430. The number of hydrogen-bond acceptors (Lipinski definition) is 7. The normalized spacial score (nSPS) is 11.2. The molecule has 0 bridgehead atoms. The Kier molecular flexibility index (Phi) is 4.72. The monoisotopic (exact) mass is 448 g/mol. The van der Waals surface area contributed by atoms with Gasteiger partial charge in [-0.15, -0.1) is 10.2 Å². The summed E-state index contributed by atoms with van der Waals surface area (Å²) in [4.78, 5) is 13.3. The number of rotatable bonds is 3. The van der Waals surface area contributed by atoms with Crippen LogP contribution in [0.15, 0.2) is 52.9 Å². The van der Waals surface area contributed by atoms with E-state index in [1.165, 1.54) is 11.3 Å². The predicted octanol–water partition coefficient (Wildman–Crippen LogP) is 4.34. The summed E-state index contributed by atoms with van der Waals surface area (Å²) < 4.78 is 7.31. The lowest BCUT2D eigenvalue weighted by Gasteiger charge is -2.13. The summed E-state index contributed by atoms with van der Waals surface area (Å²) in [5, 5.41) is 20.4. The number of carbonyl (C=O) groups excluding carboxylic acids is 1. The molecule has 3 aromatic heterocycles. The molecule has 0 radical (unpaired) electrons. The highest BCUT2D eigenvalue weighted by Gasteiger charge is 2.16. The maximum absolute atomic E-state index is 12.5. The van der Waals surface area contributed by atoms with E-state index in [9.17, 15) is 4.79 Å². The Balaban J connectivity index is 1.35. The van der Waals surface area contributed by atoms with Gasteiger partial charge in [0.2, 0.25) is 4.96 Å². The van der Waals surface area contributed by atoms with Gasteiger partial charge in [-0.05, 0) is 49.8 Å². The number of anilines is 1. The molecule has 10 heteroatoms. The quantitative estimate of drug-likeness (QED) is 0.396. The highest BCUT2D eigenvalue weighted by molar-refractivity contribution is 7.80. The standard InChI is InChI=1S/C21H16N6O2S2/c1-11-14(19-26-27-12(2)24-25-21(27)31-19)7-5-8-15(11)22-20(30)23-18(28)17-10-13-6-3-4-9-16(13)29-17/h3-10H,1-2H3,(H2,22,23,28,30). The molecule has 154 valence electrons. The van der Waals surface area contributed by atoms with Crippen molar-refractivity contribution >= 4 is 56.2 Å². The number of amides is 1. The zero-order valence-electron chi connectivity index (χ0n) is 16.5. The molecule has 0 unspecified atom stereocenters. The van der Waals surface area contributed by atoms with Gasteiger partial charge in [0.05, 0.1) is 0 Å². The first kappa shape index (κ1) is 19.3. The minimum atomic E-state index is -0.411. The average Bonchev–Trinajstić information content (AvgIpc) is 3.45. The average molecular weight is 449 g/mol. The molecule has 0 aliphatic heterocycles. The van der Waals surface area contributed by atoms with Gasteiger partial charge in [0.25, 0.3) is 5.91 Å². The van der Waals surface area contributed by atoms with Gasteiger partial charge in [-0.25, -0.2) is 0 Å². The molecule has 0 spiro atoms. The molecule has 0 aliphatic rings. The second kappa shape index (κ2) is 7.56. The van der Waals surface area contributed by atoms with Gasteiger partial charge in [0, 0.05) is 16.6 Å². The second-order valence-corrected chi connectivity index (χ2v) is 8.25. The Hall–Kier alpha value is -3.63. The molecule has 1 amide bonds. The number of fused-ring (bicyclic) bond motifs is 2. The van der Waals surface area contributed by atoms with Gasteiger partial charge in [-0.1, -0.05) is 41.7 Å². The minimum Gasteiger partial charge on any atom is -0.451 e. The van der Waals surface area contributed by atoms with Crippen LogP contribution in [0.1, 0.15) is 21.9 Å². The lowest BCUT2D eigenvalue weighted by Crippen LogP contribution is -2.34. The number of aryl methyl sites for hydroxylation is 1. The Morgan fingerprint density at radius 3 is 2.77 bits per heavy atom. The maximum Gasteiger partial charge on any atom is 0.293 e. The van der Waals surface area contributed by atoms with Crippen molar-refractivity contribution in [3.63, 3.8) is 0 Å². The van der Waals surface area contributed by atoms with Crippen molar-refractivity contribution < 1.29 is 9.21 Å². The van der Waals surface area contributed by atoms with Crippen molar-refractivity contribution in [2.24, 2.45) is 0 Å². The van der Waals surface area contributed by atoms with E-state index in [0.29, 0.717) is 5.58 Å². The molecule has 0 atom stereocenters. The molecule has 0 aliphatic carbocycles. The van der Waals surface area contributed by atoms with Crippen LogP contribution in [0.2, 0.25) is 0 Å². The lowest BCUT2D eigenvalue weighted by molar-refractivity contribution is 0.0953. The van der Waals surface area contributed by atoms with E-state index in [4.69, 9.17) is 16.6 Å². The highest BCUT2D eigenvalue weighted by Crippen LogP contribution is 2.31.